The highest BCUT2D eigenvalue weighted by Gasteiger charge is 2.12. The second-order valence-corrected chi connectivity index (χ2v) is 3.49. The van der Waals surface area contributed by atoms with Gasteiger partial charge in [-0.05, 0) is 24.3 Å². The van der Waals surface area contributed by atoms with Gasteiger partial charge in [-0.15, -0.1) is 0 Å². The molecule has 1 amide bonds. The van der Waals surface area contributed by atoms with E-state index in [1.807, 2.05) is 5.43 Å². The van der Waals surface area contributed by atoms with Gasteiger partial charge in [0.2, 0.25) is 0 Å². The van der Waals surface area contributed by atoms with Gasteiger partial charge in [0.25, 0.3) is 5.91 Å². The predicted molar refractivity (Wildman–Crippen MR) is 58.6 cm³/mol. The molecule has 0 aliphatic carbocycles. The molecular weight excluding hydrogens is 230 g/mol. The van der Waals surface area contributed by atoms with E-state index >= 15 is 0 Å². The number of benzene rings is 1. The van der Waals surface area contributed by atoms with Crippen LogP contribution < -0.4 is 11.3 Å². The fourth-order valence-electron chi connectivity index (χ4n) is 1.21. The minimum Gasteiger partial charge on any atom is -0.355 e. The number of nitrogen functional groups attached to an aromatic ring is 1. The van der Waals surface area contributed by atoms with Crippen LogP contribution in [0.15, 0.2) is 34.9 Å². The fraction of sp³-hybridized carbons (Fsp3) is 0. The Bertz CT molecular complexity index is 507. The van der Waals surface area contributed by atoms with Crippen molar-refractivity contribution in [2.24, 2.45) is 5.84 Å². The first-order valence-corrected chi connectivity index (χ1v) is 4.82. The van der Waals surface area contributed by atoms with Gasteiger partial charge in [-0.1, -0.05) is 16.8 Å². The number of rotatable bonds is 2. The maximum Gasteiger partial charge on any atom is 0.287 e. The monoisotopic (exact) mass is 237 g/mol. The number of hydrogen-bond donors (Lipinski definition) is 2. The molecule has 0 fully saturated rings. The van der Waals surface area contributed by atoms with Gasteiger partial charge in [-0.2, -0.15) is 0 Å². The van der Waals surface area contributed by atoms with Crippen molar-refractivity contribution in [1.82, 2.24) is 10.6 Å². The van der Waals surface area contributed by atoms with Crippen LogP contribution in [0.4, 0.5) is 0 Å². The summed E-state index contributed by atoms with van der Waals surface area (Å²) >= 11 is 5.75. The van der Waals surface area contributed by atoms with E-state index in [1.165, 1.54) is 6.07 Å². The zero-order chi connectivity index (χ0) is 11.5. The van der Waals surface area contributed by atoms with Crippen LogP contribution in [0.1, 0.15) is 10.5 Å². The van der Waals surface area contributed by atoms with E-state index in [0.717, 1.165) is 5.56 Å². The van der Waals surface area contributed by atoms with Crippen molar-refractivity contribution in [3.05, 3.63) is 41.0 Å². The molecule has 0 bridgehead atoms. The Labute approximate surface area is 96.1 Å². The van der Waals surface area contributed by atoms with E-state index in [-0.39, 0.29) is 5.69 Å². The number of nitrogens with one attached hydrogen (secondary N) is 1. The molecule has 0 aliphatic rings. The predicted octanol–water partition coefficient (Wildman–Crippen LogP) is 1.60. The molecule has 1 aromatic carbocycles. The van der Waals surface area contributed by atoms with E-state index in [4.69, 9.17) is 22.0 Å². The first-order chi connectivity index (χ1) is 7.70. The quantitative estimate of drug-likeness (QED) is 0.472. The van der Waals surface area contributed by atoms with Crippen LogP contribution in [-0.4, -0.2) is 11.1 Å². The summed E-state index contributed by atoms with van der Waals surface area (Å²) in [5, 5.41) is 4.21. The Morgan fingerprint density at radius 2 is 2.06 bits per heavy atom. The van der Waals surface area contributed by atoms with E-state index < -0.39 is 5.91 Å². The Balaban J connectivity index is 2.31. The SMILES string of the molecule is NNC(=O)c1cc(-c2ccc(Cl)cc2)on1. The lowest BCUT2D eigenvalue weighted by molar-refractivity contribution is 0.0944. The van der Waals surface area contributed by atoms with Crippen LogP contribution in [0.2, 0.25) is 5.02 Å². The van der Waals surface area contributed by atoms with E-state index in [9.17, 15) is 4.79 Å². The van der Waals surface area contributed by atoms with Crippen molar-refractivity contribution >= 4 is 17.5 Å². The van der Waals surface area contributed by atoms with Crippen LogP contribution in [0.3, 0.4) is 0 Å². The maximum absolute atomic E-state index is 11.1. The number of aromatic nitrogens is 1. The van der Waals surface area contributed by atoms with Gasteiger partial charge in [0.05, 0.1) is 0 Å². The van der Waals surface area contributed by atoms with Crippen molar-refractivity contribution in [3.63, 3.8) is 0 Å². The van der Waals surface area contributed by atoms with Crippen LogP contribution in [-0.2, 0) is 0 Å². The normalized spacial score (nSPS) is 10.1. The lowest BCUT2D eigenvalue weighted by Crippen LogP contribution is -2.30. The van der Waals surface area contributed by atoms with Gasteiger partial charge in [0.15, 0.2) is 11.5 Å². The summed E-state index contributed by atoms with van der Waals surface area (Å²) in [5.41, 5.74) is 2.89. The molecule has 0 saturated heterocycles. The van der Waals surface area contributed by atoms with Crippen molar-refractivity contribution in [3.8, 4) is 11.3 Å². The summed E-state index contributed by atoms with van der Waals surface area (Å²) in [6, 6.07) is 8.50. The molecule has 2 rings (SSSR count). The summed E-state index contributed by atoms with van der Waals surface area (Å²) in [6.45, 7) is 0. The number of halogens is 1. The van der Waals surface area contributed by atoms with Gasteiger partial charge in [0, 0.05) is 16.7 Å². The Hall–Kier alpha value is -1.85. The lowest BCUT2D eigenvalue weighted by Gasteiger charge is -1.94. The molecule has 1 heterocycles. The van der Waals surface area contributed by atoms with Crippen molar-refractivity contribution in [2.45, 2.75) is 0 Å². The molecule has 0 aliphatic heterocycles. The number of nitrogens with zero attached hydrogens (tertiary/aromatic N) is 1. The van der Waals surface area contributed by atoms with Gasteiger partial charge in [0.1, 0.15) is 0 Å². The van der Waals surface area contributed by atoms with Crippen LogP contribution >= 0.6 is 11.6 Å². The molecule has 5 nitrogen and oxygen atoms in total. The number of amides is 1. The summed E-state index contributed by atoms with van der Waals surface area (Å²) < 4.78 is 5.00. The summed E-state index contributed by atoms with van der Waals surface area (Å²) in [7, 11) is 0. The van der Waals surface area contributed by atoms with Crippen molar-refractivity contribution < 1.29 is 9.32 Å². The number of hydrogen-bond acceptors (Lipinski definition) is 4. The third-order valence-electron chi connectivity index (χ3n) is 2.00. The van der Waals surface area contributed by atoms with Crippen LogP contribution in [0.5, 0.6) is 0 Å². The molecule has 0 spiro atoms. The fourth-order valence-corrected chi connectivity index (χ4v) is 1.33. The first-order valence-electron chi connectivity index (χ1n) is 4.44. The minimum atomic E-state index is -0.496. The van der Waals surface area contributed by atoms with E-state index in [1.54, 1.807) is 24.3 Å². The average Bonchev–Trinajstić information content (AvgIpc) is 2.78. The number of nitrogens with two attached hydrogens (primary N) is 1. The van der Waals surface area contributed by atoms with Gasteiger partial charge in [-0.3, -0.25) is 10.2 Å². The van der Waals surface area contributed by atoms with Gasteiger partial charge in [-0.25, -0.2) is 5.84 Å². The van der Waals surface area contributed by atoms with Crippen molar-refractivity contribution in [2.75, 3.05) is 0 Å². The number of carbonyl (C=O) groups excluding carboxylic acids is 1. The zero-order valence-corrected chi connectivity index (χ0v) is 8.86. The highest BCUT2D eigenvalue weighted by molar-refractivity contribution is 6.30. The number of carbonyl (C=O) groups is 1. The Morgan fingerprint density at radius 3 is 2.69 bits per heavy atom. The van der Waals surface area contributed by atoms with Gasteiger partial charge >= 0.3 is 0 Å². The molecule has 0 radical (unpaired) electrons. The van der Waals surface area contributed by atoms with E-state index in [0.29, 0.717) is 10.8 Å². The smallest absolute Gasteiger partial charge is 0.287 e. The standard InChI is InChI=1S/C10H8ClN3O2/c11-7-3-1-6(2-4-7)9-5-8(14-16-9)10(15)13-12/h1-5H,12H2,(H,13,15). The molecule has 2 aromatic rings. The second kappa shape index (κ2) is 4.34. The lowest BCUT2D eigenvalue weighted by atomic mass is 10.1. The molecular formula is C10H8ClN3O2. The summed E-state index contributed by atoms with van der Waals surface area (Å²) in [6.07, 6.45) is 0. The Morgan fingerprint density at radius 1 is 1.38 bits per heavy atom. The molecule has 0 saturated carbocycles. The topological polar surface area (TPSA) is 81.1 Å². The second-order valence-electron chi connectivity index (χ2n) is 3.06. The molecule has 6 heteroatoms. The van der Waals surface area contributed by atoms with E-state index in [2.05, 4.69) is 5.16 Å². The minimum absolute atomic E-state index is 0.132. The first kappa shape index (κ1) is 10.7. The Kier molecular flexibility index (Phi) is 2.89. The number of hydrazine groups is 1. The van der Waals surface area contributed by atoms with Crippen LogP contribution in [0.25, 0.3) is 11.3 Å². The largest absolute Gasteiger partial charge is 0.355 e. The third-order valence-corrected chi connectivity index (χ3v) is 2.25. The van der Waals surface area contributed by atoms with Gasteiger partial charge < -0.3 is 4.52 Å². The highest BCUT2D eigenvalue weighted by Crippen LogP contribution is 2.22. The maximum atomic E-state index is 11.1. The highest BCUT2D eigenvalue weighted by atomic mass is 35.5. The van der Waals surface area contributed by atoms with Crippen LogP contribution in [0, 0.1) is 0 Å². The molecule has 82 valence electrons. The van der Waals surface area contributed by atoms with Crippen molar-refractivity contribution in [1.29, 1.82) is 0 Å². The molecule has 3 N–H and O–H groups in total. The average molecular weight is 238 g/mol. The molecule has 16 heavy (non-hydrogen) atoms. The summed E-state index contributed by atoms with van der Waals surface area (Å²) in [4.78, 5) is 11.1. The summed E-state index contributed by atoms with van der Waals surface area (Å²) in [5.74, 6) is 4.96. The molecule has 0 atom stereocenters. The molecule has 1 aromatic heterocycles. The molecule has 0 unspecified atom stereocenters. The third kappa shape index (κ3) is 2.05. The zero-order valence-electron chi connectivity index (χ0n) is 8.11.